The summed E-state index contributed by atoms with van der Waals surface area (Å²) in [6.07, 6.45) is 39.4. The molecule has 0 amide bonds. The first-order chi connectivity index (χ1) is 20.1. The molecule has 0 radical (unpaired) electrons. The maximum absolute atomic E-state index is 12.5. The van der Waals surface area contributed by atoms with Crippen LogP contribution < -0.4 is 0 Å². The molecule has 0 aliphatic rings. The average molecular weight is 579 g/mol. The van der Waals surface area contributed by atoms with Gasteiger partial charge in [-0.2, -0.15) is 0 Å². The van der Waals surface area contributed by atoms with Crippen LogP contribution in [0.1, 0.15) is 206 Å². The summed E-state index contributed by atoms with van der Waals surface area (Å²) in [5.74, 6) is -0.728. The standard InChI is InChI=1S/C37H70O4/c1-3-5-7-9-11-12-13-14-15-16-17-18-19-20-22-24-30-34-37(40)41-35(31-27-23-21-10-8-6-4-2)32-28-25-26-29-33-36(38)39/h14-15,35H,3-13,16-34H2,1-2H3,(H,38,39)/b15-14-. The molecule has 4 heteroatoms. The van der Waals surface area contributed by atoms with Crippen LogP contribution in [0.2, 0.25) is 0 Å². The Kier molecular flexibility index (Phi) is 32.1. The van der Waals surface area contributed by atoms with Gasteiger partial charge in [0.15, 0.2) is 0 Å². The van der Waals surface area contributed by atoms with E-state index in [9.17, 15) is 9.59 Å². The molecular weight excluding hydrogens is 508 g/mol. The van der Waals surface area contributed by atoms with Crippen LogP contribution in [0.15, 0.2) is 12.2 Å². The van der Waals surface area contributed by atoms with Crippen LogP contribution in [0.5, 0.6) is 0 Å². The monoisotopic (exact) mass is 579 g/mol. The summed E-state index contributed by atoms with van der Waals surface area (Å²) in [4.78, 5) is 23.2. The highest BCUT2D eigenvalue weighted by molar-refractivity contribution is 5.69. The van der Waals surface area contributed by atoms with Crippen molar-refractivity contribution in [2.75, 3.05) is 0 Å². The number of aliphatic carboxylic acids is 1. The zero-order valence-electron chi connectivity index (χ0n) is 27.6. The number of ether oxygens (including phenoxy) is 1. The molecule has 0 saturated carbocycles. The smallest absolute Gasteiger partial charge is 0.306 e. The summed E-state index contributed by atoms with van der Waals surface area (Å²) in [6.45, 7) is 4.52. The van der Waals surface area contributed by atoms with E-state index in [2.05, 4.69) is 26.0 Å². The predicted octanol–water partition coefficient (Wildman–Crippen LogP) is 12.3. The SMILES string of the molecule is CCCCCCCC/C=C\CCCCCCCCCC(=O)OC(CCCCCCCCC)CCCCCCC(=O)O. The van der Waals surface area contributed by atoms with Crippen molar-refractivity contribution in [2.45, 2.75) is 213 Å². The third-order valence-corrected chi connectivity index (χ3v) is 8.24. The third-order valence-electron chi connectivity index (χ3n) is 8.24. The van der Waals surface area contributed by atoms with Gasteiger partial charge in [-0.1, -0.05) is 142 Å². The summed E-state index contributed by atoms with van der Waals surface area (Å²) in [5.41, 5.74) is 0. The zero-order valence-corrected chi connectivity index (χ0v) is 27.6. The van der Waals surface area contributed by atoms with Crippen LogP contribution in [0.4, 0.5) is 0 Å². The van der Waals surface area contributed by atoms with Crippen LogP contribution in [0.25, 0.3) is 0 Å². The van der Waals surface area contributed by atoms with Crippen molar-refractivity contribution >= 4 is 11.9 Å². The molecule has 1 unspecified atom stereocenters. The molecule has 0 aliphatic heterocycles. The van der Waals surface area contributed by atoms with E-state index in [4.69, 9.17) is 9.84 Å². The lowest BCUT2D eigenvalue weighted by Crippen LogP contribution is -2.18. The lowest BCUT2D eigenvalue weighted by molar-refractivity contribution is -0.150. The molecule has 0 saturated heterocycles. The van der Waals surface area contributed by atoms with Gasteiger partial charge in [-0.15, -0.1) is 0 Å². The zero-order chi connectivity index (χ0) is 30.1. The van der Waals surface area contributed by atoms with Crippen LogP contribution in [-0.2, 0) is 14.3 Å². The van der Waals surface area contributed by atoms with Crippen molar-refractivity contribution in [3.05, 3.63) is 12.2 Å². The quantitative estimate of drug-likeness (QED) is 0.0478. The van der Waals surface area contributed by atoms with Gasteiger partial charge in [-0.25, -0.2) is 0 Å². The van der Waals surface area contributed by atoms with Gasteiger partial charge in [0.1, 0.15) is 6.10 Å². The molecule has 1 atom stereocenters. The number of hydrogen-bond donors (Lipinski definition) is 1. The summed E-state index contributed by atoms with van der Waals surface area (Å²) < 4.78 is 5.93. The van der Waals surface area contributed by atoms with Gasteiger partial charge in [-0.3, -0.25) is 9.59 Å². The van der Waals surface area contributed by atoms with E-state index in [1.165, 1.54) is 122 Å². The molecular formula is C37H70O4. The Morgan fingerprint density at radius 2 is 0.878 bits per heavy atom. The van der Waals surface area contributed by atoms with Gasteiger partial charge in [0.25, 0.3) is 0 Å². The highest BCUT2D eigenvalue weighted by Gasteiger charge is 2.14. The Labute approximate surface area is 255 Å². The van der Waals surface area contributed by atoms with E-state index in [1.807, 2.05) is 0 Å². The molecule has 0 aromatic heterocycles. The fourth-order valence-electron chi connectivity index (χ4n) is 5.53. The minimum atomic E-state index is -0.711. The van der Waals surface area contributed by atoms with Gasteiger partial charge < -0.3 is 9.84 Å². The normalized spacial score (nSPS) is 12.2. The van der Waals surface area contributed by atoms with Gasteiger partial charge >= 0.3 is 11.9 Å². The molecule has 0 aromatic rings. The van der Waals surface area contributed by atoms with Crippen molar-refractivity contribution in [3.8, 4) is 0 Å². The molecule has 242 valence electrons. The first kappa shape index (κ1) is 39.7. The lowest BCUT2D eigenvalue weighted by Gasteiger charge is -2.18. The Hall–Kier alpha value is -1.32. The highest BCUT2D eigenvalue weighted by Crippen LogP contribution is 2.18. The second kappa shape index (κ2) is 33.2. The van der Waals surface area contributed by atoms with Crippen molar-refractivity contribution in [3.63, 3.8) is 0 Å². The number of allylic oxidation sites excluding steroid dienone is 2. The second-order valence-corrected chi connectivity index (χ2v) is 12.4. The minimum absolute atomic E-state index is 0.0171. The van der Waals surface area contributed by atoms with Crippen LogP contribution in [0, 0.1) is 0 Å². The molecule has 41 heavy (non-hydrogen) atoms. The summed E-state index contributed by atoms with van der Waals surface area (Å²) >= 11 is 0. The fraction of sp³-hybridized carbons (Fsp3) is 0.892. The third kappa shape index (κ3) is 33.1. The molecule has 0 aliphatic carbocycles. The van der Waals surface area contributed by atoms with Gasteiger partial charge in [0, 0.05) is 12.8 Å². The number of unbranched alkanes of at least 4 members (excludes halogenated alkanes) is 22. The molecule has 0 heterocycles. The maximum atomic E-state index is 12.5. The largest absolute Gasteiger partial charge is 0.481 e. The number of carboxylic acid groups (broad SMARTS) is 1. The van der Waals surface area contributed by atoms with Crippen molar-refractivity contribution in [1.82, 2.24) is 0 Å². The van der Waals surface area contributed by atoms with E-state index >= 15 is 0 Å². The van der Waals surface area contributed by atoms with Gasteiger partial charge in [-0.05, 0) is 64.2 Å². The number of hydrogen-bond acceptors (Lipinski definition) is 3. The molecule has 0 spiro atoms. The fourth-order valence-corrected chi connectivity index (χ4v) is 5.53. The second-order valence-electron chi connectivity index (χ2n) is 12.4. The predicted molar refractivity (Wildman–Crippen MR) is 177 cm³/mol. The van der Waals surface area contributed by atoms with Crippen LogP contribution >= 0.6 is 0 Å². The molecule has 0 rings (SSSR count). The highest BCUT2D eigenvalue weighted by atomic mass is 16.5. The number of rotatable bonds is 33. The van der Waals surface area contributed by atoms with Gasteiger partial charge in [0.05, 0.1) is 0 Å². The number of carbonyl (C=O) groups is 2. The summed E-state index contributed by atoms with van der Waals surface area (Å²) in [5, 5.41) is 8.80. The number of esters is 1. The van der Waals surface area contributed by atoms with Crippen LogP contribution in [0.3, 0.4) is 0 Å². The molecule has 0 bridgehead atoms. The van der Waals surface area contributed by atoms with Gasteiger partial charge in [0.2, 0.25) is 0 Å². The van der Waals surface area contributed by atoms with Crippen molar-refractivity contribution < 1.29 is 19.4 Å². The summed E-state index contributed by atoms with van der Waals surface area (Å²) in [6, 6.07) is 0. The molecule has 4 nitrogen and oxygen atoms in total. The minimum Gasteiger partial charge on any atom is -0.481 e. The van der Waals surface area contributed by atoms with E-state index in [-0.39, 0.29) is 18.5 Å². The molecule has 1 N–H and O–H groups in total. The lowest BCUT2D eigenvalue weighted by atomic mass is 10.0. The number of carbonyl (C=O) groups excluding carboxylic acids is 1. The first-order valence-corrected chi connectivity index (χ1v) is 18.2. The van der Waals surface area contributed by atoms with Crippen molar-refractivity contribution in [1.29, 1.82) is 0 Å². The first-order valence-electron chi connectivity index (χ1n) is 18.2. The average Bonchev–Trinajstić information content (AvgIpc) is 2.95. The number of carboxylic acids is 1. The Balaban J connectivity index is 3.86. The van der Waals surface area contributed by atoms with Crippen LogP contribution in [-0.4, -0.2) is 23.1 Å². The Morgan fingerprint density at radius 3 is 1.32 bits per heavy atom. The van der Waals surface area contributed by atoms with Crippen molar-refractivity contribution in [2.24, 2.45) is 0 Å². The molecule has 0 fully saturated rings. The maximum Gasteiger partial charge on any atom is 0.306 e. The Morgan fingerprint density at radius 1 is 0.512 bits per heavy atom. The van der Waals surface area contributed by atoms with E-state index < -0.39 is 5.97 Å². The Bertz CT molecular complexity index is 585. The topological polar surface area (TPSA) is 63.6 Å². The van der Waals surface area contributed by atoms with E-state index in [1.54, 1.807) is 0 Å². The molecule has 0 aromatic carbocycles. The van der Waals surface area contributed by atoms with E-state index in [0.29, 0.717) is 6.42 Å². The summed E-state index contributed by atoms with van der Waals surface area (Å²) in [7, 11) is 0. The van der Waals surface area contributed by atoms with E-state index in [0.717, 1.165) is 57.8 Å².